The third-order valence-corrected chi connectivity index (χ3v) is 7.27. The predicted molar refractivity (Wildman–Crippen MR) is 146 cm³/mol. The van der Waals surface area contributed by atoms with Crippen LogP contribution in [0.3, 0.4) is 0 Å². The molecule has 9 nitrogen and oxygen atoms in total. The number of aryl methyl sites for hydroxylation is 1. The van der Waals surface area contributed by atoms with Crippen molar-refractivity contribution in [3.05, 3.63) is 81.8 Å². The van der Waals surface area contributed by atoms with Crippen LogP contribution in [0.15, 0.2) is 75.8 Å². The summed E-state index contributed by atoms with van der Waals surface area (Å²) in [7, 11) is -3.27. The standard InChI is InChI=1S/C26H21Cl2N3O6S/c1-3-14-12-20(22(13-19(14)28)38(34,35)36)30-31-23-16-8-5-4-7-15(16)11-17(25(23)32)26(33)29-24-18(27)9-6-10-21(24)37-2/h4-13,32H,3H2,1-2H3,(H,29,33)(H,34,35,36). The van der Waals surface area contributed by atoms with Gasteiger partial charge in [-0.3, -0.25) is 9.35 Å². The number of nitrogens with one attached hydrogen (secondary N) is 1. The van der Waals surface area contributed by atoms with Crippen LogP contribution in [0, 0.1) is 0 Å². The molecule has 4 aromatic carbocycles. The van der Waals surface area contributed by atoms with Crippen molar-refractivity contribution < 1.29 is 27.6 Å². The molecule has 196 valence electrons. The minimum atomic E-state index is -4.69. The number of nitrogens with zero attached hydrogens (tertiary/aromatic N) is 2. The molecule has 0 saturated heterocycles. The highest BCUT2D eigenvalue weighted by atomic mass is 35.5. The van der Waals surface area contributed by atoms with E-state index in [0.29, 0.717) is 28.5 Å². The molecular formula is C26H21Cl2N3O6S. The molecule has 0 radical (unpaired) electrons. The summed E-state index contributed by atoms with van der Waals surface area (Å²) >= 11 is 12.4. The molecule has 0 fully saturated rings. The number of ether oxygens (including phenoxy) is 1. The summed E-state index contributed by atoms with van der Waals surface area (Å²) in [6, 6.07) is 15.6. The summed E-state index contributed by atoms with van der Waals surface area (Å²) in [5.41, 5.74) is 0.369. The van der Waals surface area contributed by atoms with E-state index in [2.05, 4.69) is 15.5 Å². The lowest BCUT2D eigenvalue weighted by molar-refractivity contribution is 0.102. The Morgan fingerprint density at radius 2 is 1.76 bits per heavy atom. The van der Waals surface area contributed by atoms with Crippen LogP contribution in [0.5, 0.6) is 11.5 Å². The van der Waals surface area contributed by atoms with Crippen molar-refractivity contribution in [1.82, 2.24) is 0 Å². The van der Waals surface area contributed by atoms with Gasteiger partial charge in [0, 0.05) is 10.4 Å². The summed E-state index contributed by atoms with van der Waals surface area (Å²) in [5.74, 6) is -0.887. The van der Waals surface area contributed by atoms with E-state index in [9.17, 15) is 22.9 Å². The van der Waals surface area contributed by atoms with E-state index in [0.717, 1.165) is 6.07 Å². The highest BCUT2D eigenvalue weighted by Gasteiger charge is 2.22. The first-order chi connectivity index (χ1) is 18.0. The monoisotopic (exact) mass is 573 g/mol. The van der Waals surface area contributed by atoms with Gasteiger partial charge in [-0.15, -0.1) is 10.2 Å². The Morgan fingerprint density at radius 1 is 1.03 bits per heavy atom. The van der Waals surface area contributed by atoms with Gasteiger partial charge in [0.1, 0.15) is 27.7 Å². The van der Waals surface area contributed by atoms with Gasteiger partial charge < -0.3 is 15.2 Å². The number of methoxy groups -OCH3 is 1. The summed E-state index contributed by atoms with van der Waals surface area (Å²) in [6.45, 7) is 1.81. The molecule has 1 amide bonds. The molecule has 0 aliphatic heterocycles. The number of phenols is 1. The number of halogens is 2. The third kappa shape index (κ3) is 5.44. The number of fused-ring (bicyclic) bond motifs is 1. The zero-order valence-electron chi connectivity index (χ0n) is 20.1. The SMILES string of the molecule is CCc1cc(N=Nc2c(O)c(C(=O)Nc3c(Cl)cccc3OC)cc3ccccc23)c(S(=O)(=O)O)cc1Cl. The summed E-state index contributed by atoms with van der Waals surface area (Å²) < 4.78 is 38.9. The second kappa shape index (κ2) is 11.0. The van der Waals surface area contributed by atoms with Gasteiger partial charge in [-0.05, 0) is 47.7 Å². The molecule has 0 bridgehead atoms. The van der Waals surface area contributed by atoms with Crippen LogP contribution in [-0.2, 0) is 16.5 Å². The van der Waals surface area contributed by atoms with E-state index in [4.69, 9.17) is 27.9 Å². The molecule has 0 unspecified atom stereocenters. The number of phenolic OH excluding ortho intramolecular Hbond substituents is 1. The van der Waals surface area contributed by atoms with Crippen LogP contribution in [0.1, 0.15) is 22.8 Å². The third-order valence-electron chi connectivity index (χ3n) is 5.72. The summed E-state index contributed by atoms with van der Waals surface area (Å²) in [4.78, 5) is 12.7. The maximum absolute atomic E-state index is 13.2. The van der Waals surface area contributed by atoms with Crippen LogP contribution in [0.25, 0.3) is 10.8 Å². The number of amides is 1. The fraction of sp³-hybridized carbons (Fsp3) is 0.115. The molecule has 0 heterocycles. The Labute approximate surface area is 228 Å². The highest BCUT2D eigenvalue weighted by molar-refractivity contribution is 7.86. The van der Waals surface area contributed by atoms with Gasteiger partial charge in [-0.2, -0.15) is 8.42 Å². The van der Waals surface area contributed by atoms with E-state index in [-0.39, 0.29) is 32.7 Å². The Bertz CT molecular complexity index is 1710. The molecule has 0 aliphatic rings. The lowest BCUT2D eigenvalue weighted by Crippen LogP contribution is -2.13. The first kappa shape index (κ1) is 27.3. The fourth-order valence-electron chi connectivity index (χ4n) is 3.81. The van der Waals surface area contributed by atoms with Crippen LogP contribution >= 0.6 is 23.2 Å². The van der Waals surface area contributed by atoms with Crippen LogP contribution < -0.4 is 10.1 Å². The Kier molecular flexibility index (Phi) is 7.89. The summed E-state index contributed by atoms with van der Waals surface area (Å²) in [6.07, 6.45) is 0.461. The molecule has 0 aliphatic carbocycles. The number of anilines is 1. The lowest BCUT2D eigenvalue weighted by Gasteiger charge is -2.14. The number of carbonyl (C=O) groups excluding carboxylic acids is 1. The van der Waals surface area contributed by atoms with Gasteiger partial charge in [0.2, 0.25) is 0 Å². The van der Waals surface area contributed by atoms with Gasteiger partial charge in [0.15, 0.2) is 5.75 Å². The number of benzene rings is 4. The number of hydrogen-bond donors (Lipinski definition) is 3. The van der Waals surface area contributed by atoms with Crippen molar-refractivity contribution >= 4 is 67.1 Å². The molecule has 0 saturated carbocycles. The van der Waals surface area contributed by atoms with Gasteiger partial charge in [-0.25, -0.2) is 0 Å². The van der Waals surface area contributed by atoms with Crippen molar-refractivity contribution in [2.24, 2.45) is 10.2 Å². The molecule has 3 N–H and O–H groups in total. The lowest BCUT2D eigenvalue weighted by atomic mass is 10.0. The fourth-order valence-corrected chi connectivity index (χ4v) is 5.02. The summed E-state index contributed by atoms with van der Waals surface area (Å²) in [5, 5.41) is 23.3. The van der Waals surface area contributed by atoms with Crippen LogP contribution in [0.4, 0.5) is 17.1 Å². The first-order valence-electron chi connectivity index (χ1n) is 11.1. The van der Waals surface area contributed by atoms with Crippen molar-refractivity contribution in [3.63, 3.8) is 0 Å². The molecule has 0 spiro atoms. The molecule has 4 rings (SSSR count). The number of hydrogen-bond acceptors (Lipinski definition) is 7. The topological polar surface area (TPSA) is 138 Å². The number of para-hydroxylation sites is 1. The van der Waals surface area contributed by atoms with Gasteiger partial charge >= 0.3 is 0 Å². The molecule has 12 heteroatoms. The van der Waals surface area contributed by atoms with Crippen molar-refractivity contribution in [2.75, 3.05) is 12.4 Å². The second-order valence-corrected chi connectivity index (χ2v) is 10.3. The van der Waals surface area contributed by atoms with Crippen molar-refractivity contribution in [3.8, 4) is 11.5 Å². The zero-order chi connectivity index (χ0) is 27.6. The Hall–Kier alpha value is -3.70. The quantitative estimate of drug-likeness (QED) is 0.156. The molecule has 0 aromatic heterocycles. The number of aromatic hydroxyl groups is 1. The average Bonchev–Trinajstić information content (AvgIpc) is 2.88. The maximum atomic E-state index is 13.2. The van der Waals surface area contributed by atoms with Crippen LogP contribution in [-0.4, -0.2) is 31.1 Å². The minimum Gasteiger partial charge on any atom is -0.505 e. The second-order valence-electron chi connectivity index (χ2n) is 8.05. The Morgan fingerprint density at radius 3 is 2.45 bits per heavy atom. The first-order valence-corrected chi connectivity index (χ1v) is 13.3. The van der Waals surface area contributed by atoms with E-state index < -0.39 is 26.7 Å². The van der Waals surface area contributed by atoms with Gasteiger partial charge in [0.05, 0.1) is 17.7 Å². The Balaban J connectivity index is 1.86. The highest BCUT2D eigenvalue weighted by Crippen LogP contribution is 2.41. The maximum Gasteiger partial charge on any atom is 0.296 e. The van der Waals surface area contributed by atoms with E-state index in [1.807, 2.05) is 6.92 Å². The van der Waals surface area contributed by atoms with Crippen molar-refractivity contribution in [1.29, 1.82) is 0 Å². The largest absolute Gasteiger partial charge is 0.505 e. The van der Waals surface area contributed by atoms with Gasteiger partial charge in [-0.1, -0.05) is 60.5 Å². The molecule has 38 heavy (non-hydrogen) atoms. The van der Waals surface area contributed by atoms with Crippen LogP contribution in [0.2, 0.25) is 10.0 Å². The molecular weight excluding hydrogens is 553 g/mol. The van der Waals surface area contributed by atoms with Gasteiger partial charge in [0.25, 0.3) is 16.0 Å². The van der Waals surface area contributed by atoms with Crippen molar-refractivity contribution in [2.45, 2.75) is 18.2 Å². The smallest absolute Gasteiger partial charge is 0.296 e. The minimum absolute atomic E-state index is 0.0892. The van der Waals surface area contributed by atoms with E-state index in [1.54, 1.807) is 42.5 Å². The van der Waals surface area contributed by atoms with E-state index in [1.165, 1.54) is 19.2 Å². The number of carbonyl (C=O) groups is 1. The zero-order valence-corrected chi connectivity index (χ0v) is 22.4. The normalized spacial score (nSPS) is 11.7. The molecule has 4 aromatic rings. The number of rotatable bonds is 7. The molecule has 0 atom stereocenters. The number of azo groups is 1. The van der Waals surface area contributed by atoms with E-state index >= 15 is 0 Å². The average molecular weight is 574 g/mol. The predicted octanol–water partition coefficient (Wildman–Crippen LogP) is 7.34.